The van der Waals surface area contributed by atoms with Gasteiger partial charge in [-0.1, -0.05) is 23.7 Å². The van der Waals surface area contributed by atoms with Crippen molar-refractivity contribution >= 4 is 40.4 Å². The van der Waals surface area contributed by atoms with E-state index < -0.39 is 53.2 Å². The number of benzene rings is 1. The van der Waals surface area contributed by atoms with Crippen molar-refractivity contribution in [2.24, 2.45) is 5.41 Å². The lowest BCUT2D eigenvalue weighted by Crippen LogP contribution is -2.47. The summed E-state index contributed by atoms with van der Waals surface area (Å²) in [6.07, 6.45) is -3.35. The Bertz CT molecular complexity index is 1490. The number of rotatable bonds is 5. The third-order valence-corrected chi connectivity index (χ3v) is 8.08. The molecule has 3 aromatic rings. The molecule has 1 aliphatic heterocycles. The van der Waals surface area contributed by atoms with Crippen molar-refractivity contribution in [3.63, 3.8) is 0 Å². The van der Waals surface area contributed by atoms with E-state index in [1.165, 1.54) is 55.4 Å². The molecule has 1 aliphatic carbocycles. The Hall–Kier alpha value is -3.48. The van der Waals surface area contributed by atoms with E-state index in [0.29, 0.717) is 5.69 Å². The van der Waals surface area contributed by atoms with E-state index in [9.17, 15) is 31.5 Å². The predicted molar refractivity (Wildman–Crippen MR) is 132 cm³/mol. The molecule has 0 bridgehead atoms. The molecule has 1 saturated carbocycles. The summed E-state index contributed by atoms with van der Waals surface area (Å²) >= 11 is 5.94. The summed E-state index contributed by atoms with van der Waals surface area (Å²) in [7, 11) is 1.36. The Morgan fingerprint density at radius 3 is 2.41 bits per heavy atom. The van der Waals surface area contributed by atoms with Crippen LogP contribution < -0.4 is 15.5 Å². The van der Waals surface area contributed by atoms with Crippen LogP contribution in [0.15, 0.2) is 36.5 Å². The Kier molecular flexibility index (Phi) is 5.91. The fourth-order valence-electron chi connectivity index (χ4n) is 5.37. The van der Waals surface area contributed by atoms with Crippen molar-refractivity contribution in [2.75, 3.05) is 18.5 Å². The van der Waals surface area contributed by atoms with Gasteiger partial charge in [-0.2, -0.15) is 18.3 Å². The molecule has 0 saturated heterocycles. The quantitative estimate of drug-likeness (QED) is 0.445. The third-order valence-electron chi connectivity index (χ3n) is 7.89. The molecule has 3 heterocycles. The van der Waals surface area contributed by atoms with Gasteiger partial charge in [0.2, 0.25) is 11.8 Å². The largest absolute Gasteiger partial charge is 0.401 e. The molecule has 0 spiro atoms. The van der Waals surface area contributed by atoms with Gasteiger partial charge in [0.1, 0.15) is 16.9 Å². The number of amides is 2. The molecule has 2 aromatic heterocycles. The zero-order valence-electron chi connectivity index (χ0n) is 21.2. The summed E-state index contributed by atoms with van der Waals surface area (Å²) < 4.78 is 74.1. The number of likely N-dealkylation sites (N-methyl/N-ethyl adjacent to an activating group) is 1. The van der Waals surface area contributed by atoms with E-state index in [4.69, 9.17) is 11.6 Å². The molecule has 208 valence electrons. The molecular formula is C25H24ClF5N6O2. The zero-order chi connectivity index (χ0) is 28.7. The van der Waals surface area contributed by atoms with E-state index in [2.05, 4.69) is 20.7 Å². The van der Waals surface area contributed by atoms with Crippen LogP contribution in [-0.4, -0.2) is 58.1 Å². The van der Waals surface area contributed by atoms with Crippen LogP contribution in [0.1, 0.15) is 37.9 Å². The normalized spacial score (nSPS) is 26.3. The fourth-order valence-corrected chi connectivity index (χ4v) is 5.55. The number of anilines is 2. The summed E-state index contributed by atoms with van der Waals surface area (Å²) in [6.45, 7) is 3.06. The summed E-state index contributed by atoms with van der Waals surface area (Å²) in [6, 6.07) is 5.95. The number of hydrogen-bond acceptors (Lipinski definition) is 5. The minimum absolute atomic E-state index is 0.00890. The van der Waals surface area contributed by atoms with Crippen LogP contribution in [-0.2, 0) is 15.0 Å². The Morgan fingerprint density at radius 2 is 1.82 bits per heavy atom. The Labute approximate surface area is 224 Å². The maximum atomic E-state index is 15.0. The van der Waals surface area contributed by atoms with Crippen LogP contribution >= 0.6 is 11.6 Å². The lowest BCUT2D eigenvalue weighted by Gasteiger charge is -2.28. The summed E-state index contributed by atoms with van der Waals surface area (Å²) in [5.74, 6) is -6.38. The van der Waals surface area contributed by atoms with Gasteiger partial charge in [-0.25, -0.2) is 18.3 Å². The first kappa shape index (κ1) is 27.1. The number of carbonyl (C=O) groups is 2. The van der Waals surface area contributed by atoms with Gasteiger partial charge < -0.3 is 15.5 Å². The second-order valence-corrected chi connectivity index (χ2v) is 10.7. The van der Waals surface area contributed by atoms with Crippen molar-refractivity contribution in [2.45, 2.75) is 50.2 Å². The van der Waals surface area contributed by atoms with Gasteiger partial charge in [0, 0.05) is 25.3 Å². The van der Waals surface area contributed by atoms with Gasteiger partial charge in [0.05, 0.1) is 23.5 Å². The van der Waals surface area contributed by atoms with Crippen molar-refractivity contribution in [1.29, 1.82) is 0 Å². The molecule has 2 N–H and O–H groups in total. The van der Waals surface area contributed by atoms with E-state index in [-0.39, 0.29) is 27.7 Å². The highest BCUT2D eigenvalue weighted by Gasteiger charge is 2.82. The van der Waals surface area contributed by atoms with Crippen LogP contribution in [0.4, 0.5) is 33.3 Å². The lowest BCUT2D eigenvalue weighted by molar-refractivity contribution is -0.181. The molecule has 5 rings (SSSR count). The predicted octanol–water partition coefficient (Wildman–Crippen LogP) is 4.34. The van der Waals surface area contributed by atoms with Gasteiger partial charge in [0.15, 0.2) is 10.8 Å². The maximum Gasteiger partial charge on any atom is 0.401 e. The van der Waals surface area contributed by atoms with E-state index in [0.717, 1.165) is 18.4 Å². The number of halogens is 6. The average Bonchev–Trinajstić information content (AvgIpc) is 3.14. The van der Waals surface area contributed by atoms with Crippen LogP contribution in [0.2, 0.25) is 5.15 Å². The van der Waals surface area contributed by atoms with Crippen LogP contribution in [0.3, 0.4) is 0 Å². The van der Waals surface area contributed by atoms with Crippen molar-refractivity contribution in [3.05, 3.63) is 52.9 Å². The van der Waals surface area contributed by atoms with Crippen molar-refractivity contribution < 1.29 is 31.5 Å². The third kappa shape index (κ3) is 3.76. The van der Waals surface area contributed by atoms with Crippen molar-refractivity contribution in [1.82, 2.24) is 25.2 Å². The van der Waals surface area contributed by atoms with Gasteiger partial charge in [-0.3, -0.25) is 9.59 Å². The number of carbonyl (C=O) groups excluding carboxylic acids is 2. The minimum atomic E-state index is -4.65. The van der Waals surface area contributed by atoms with Gasteiger partial charge in [0.25, 0.3) is 5.92 Å². The highest BCUT2D eigenvalue weighted by molar-refractivity contribution is 6.29. The molecular weight excluding hydrogens is 547 g/mol. The van der Waals surface area contributed by atoms with Gasteiger partial charge >= 0.3 is 6.18 Å². The van der Waals surface area contributed by atoms with Crippen LogP contribution in [0.5, 0.6) is 0 Å². The molecule has 2 amide bonds. The summed E-state index contributed by atoms with van der Waals surface area (Å²) in [5.41, 5.74) is -3.81. The second-order valence-electron chi connectivity index (χ2n) is 10.3. The first-order chi connectivity index (χ1) is 18.1. The minimum Gasteiger partial charge on any atom is -0.357 e. The van der Waals surface area contributed by atoms with Crippen LogP contribution in [0, 0.1) is 5.41 Å². The molecule has 8 nitrogen and oxygen atoms in total. The van der Waals surface area contributed by atoms with E-state index in [1.54, 1.807) is 0 Å². The standard InChI is InChI=1S/C25H24ClF5N6O2/c1-12(20(38)32-4)34-21(39)23(3)18(24(23,27)28)13-5-7-14(8-6-13)36-11-22(2,25(29,30)31)19-15(36)10-33-17-9-16(26)35-37(17)19/h5-10,12,18H,11H2,1-4H3,(H,32,38)(H,34,39)/t12-,18+,22+,23-/m0/s1. The number of aromatic nitrogens is 3. The molecule has 2 aliphatic rings. The number of alkyl halides is 5. The highest BCUT2D eigenvalue weighted by atomic mass is 35.5. The Balaban J connectivity index is 1.47. The van der Waals surface area contributed by atoms with Crippen molar-refractivity contribution in [3.8, 4) is 0 Å². The molecule has 1 fully saturated rings. The fraction of sp³-hybridized carbons (Fsp3) is 0.440. The average molecular weight is 571 g/mol. The topological polar surface area (TPSA) is 91.6 Å². The molecule has 0 unspecified atom stereocenters. The molecule has 4 atom stereocenters. The summed E-state index contributed by atoms with van der Waals surface area (Å²) in [4.78, 5) is 30.1. The monoisotopic (exact) mass is 570 g/mol. The van der Waals surface area contributed by atoms with Gasteiger partial charge in [-0.15, -0.1) is 0 Å². The maximum absolute atomic E-state index is 15.0. The zero-order valence-corrected chi connectivity index (χ0v) is 22.0. The number of hydrogen-bond donors (Lipinski definition) is 2. The summed E-state index contributed by atoms with van der Waals surface area (Å²) in [5, 5.41) is 8.65. The SMILES string of the molecule is CNC(=O)[C@H](C)NC(=O)[C@]1(C)[C@@H](c2ccc(N3C[C@@](C)(C(F)(F)F)c4c3cnc3cc(Cl)nn43)cc2)C1(F)F. The number of fused-ring (bicyclic) bond motifs is 3. The second kappa shape index (κ2) is 8.51. The lowest BCUT2D eigenvalue weighted by atomic mass is 9.87. The number of nitrogens with zero attached hydrogens (tertiary/aromatic N) is 4. The van der Waals surface area contributed by atoms with Gasteiger partial charge in [-0.05, 0) is 38.5 Å². The highest BCUT2D eigenvalue weighted by Crippen LogP contribution is 2.71. The van der Waals surface area contributed by atoms with Crippen LogP contribution in [0.25, 0.3) is 5.65 Å². The first-order valence-electron chi connectivity index (χ1n) is 12.0. The molecule has 14 heteroatoms. The number of nitrogens with one attached hydrogen (secondary N) is 2. The molecule has 1 aromatic carbocycles. The molecule has 39 heavy (non-hydrogen) atoms. The van der Waals surface area contributed by atoms with E-state index in [1.807, 2.05) is 0 Å². The molecule has 0 radical (unpaired) electrons. The first-order valence-corrected chi connectivity index (χ1v) is 12.3. The van der Waals surface area contributed by atoms with E-state index >= 15 is 0 Å². The smallest absolute Gasteiger partial charge is 0.357 e. The Morgan fingerprint density at radius 1 is 1.18 bits per heavy atom.